The maximum absolute atomic E-state index is 12.2. The van der Waals surface area contributed by atoms with Crippen LogP contribution in [0.3, 0.4) is 0 Å². The standard InChI is InChI=1S/C18H16ClN3O2S/c19-17-5-1-3-14(9-17)13-25(23,24)22-11-15-6-7-18(21-10-15)16-4-2-8-20-12-16/h1-10,12,22H,11,13H2. The lowest BCUT2D eigenvalue weighted by Crippen LogP contribution is -2.24. The van der Waals surface area contributed by atoms with Crippen LogP contribution in [0.5, 0.6) is 0 Å². The summed E-state index contributed by atoms with van der Waals surface area (Å²) in [5, 5.41) is 0.517. The van der Waals surface area contributed by atoms with Crippen LogP contribution in [-0.2, 0) is 22.3 Å². The number of halogens is 1. The minimum Gasteiger partial charge on any atom is -0.264 e. The average Bonchev–Trinajstić information content (AvgIpc) is 2.61. The highest BCUT2D eigenvalue weighted by molar-refractivity contribution is 7.88. The molecule has 2 aromatic heterocycles. The van der Waals surface area contributed by atoms with Crippen molar-refractivity contribution in [2.45, 2.75) is 12.3 Å². The highest BCUT2D eigenvalue weighted by atomic mass is 35.5. The number of sulfonamides is 1. The molecule has 7 heteroatoms. The fourth-order valence-corrected chi connectivity index (χ4v) is 3.62. The van der Waals surface area contributed by atoms with Gasteiger partial charge in [0.1, 0.15) is 0 Å². The van der Waals surface area contributed by atoms with Gasteiger partial charge in [-0.05, 0) is 41.5 Å². The van der Waals surface area contributed by atoms with Crippen molar-refractivity contribution < 1.29 is 8.42 Å². The molecule has 3 rings (SSSR count). The number of nitrogens with zero attached hydrogens (tertiary/aromatic N) is 2. The monoisotopic (exact) mass is 373 g/mol. The van der Waals surface area contributed by atoms with Crippen LogP contribution in [-0.4, -0.2) is 18.4 Å². The number of rotatable bonds is 6. The molecule has 0 fully saturated rings. The molecule has 3 aromatic rings. The zero-order valence-electron chi connectivity index (χ0n) is 13.3. The van der Waals surface area contributed by atoms with Crippen molar-refractivity contribution in [3.8, 4) is 11.3 Å². The molecule has 0 spiro atoms. The molecule has 0 saturated carbocycles. The molecule has 0 unspecified atom stereocenters. The third-order valence-electron chi connectivity index (χ3n) is 3.52. The Morgan fingerprint density at radius 3 is 2.56 bits per heavy atom. The molecular formula is C18H16ClN3O2S. The number of aromatic nitrogens is 2. The highest BCUT2D eigenvalue weighted by Crippen LogP contribution is 2.16. The topological polar surface area (TPSA) is 72.0 Å². The van der Waals surface area contributed by atoms with E-state index in [2.05, 4.69) is 14.7 Å². The smallest absolute Gasteiger partial charge is 0.216 e. The van der Waals surface area contributed by atoms with E-state index in [1.807, 2.05) is 24.3 Å². The molecule has 2 heterocycles. The molecule has 0 amide bonds. The van der Waals surface area contributed by atoms with Crippen LogP contribution >= 0.6 is 11.6 Å². The second-order valence-corrected chi connectivity index (χ2v) is 7.75. The summed E-state index contributed by atoms with van der Waals surface area (Å²) in [4.78, 5) is 8.41. The van der Waals surface area contributed by atoms with Gasteiger partial charge >= 0.3 is 0 Å². The summed E-state index contributed by atoms with van der Waals surface area (Å²) in [6, 6.07) is 14.3. The van der Waals surface area contributed by atoms with Crippen LogP contribution in [0.1, 0.15) is 11.1 Å². The van der Waals surface area contributed by atoms with E-state index in [0.717, 1.165) is 16.8 Å². The van der Waals surface area contributed by atoms with Gasteiger partial charge in [-0.2, -0.15) is 0 Å². The first-order valence-electron chi connectivity index (χ1n) is 7.59. The van der Waals surface area contributed by atoms with Crippen molar-refractivity contribution in [1.29, 1.82) is 0 Å². The summed E-state index contributed by atoms with van der Waals surface area (Å²) in [5.74, 6) is -0.116. The van der Waals surface area contributed by atoms with Crippen LogP contribution in [0.4, 0.5) is 0 Å². The van der Waals surface area contributed by atoms with Gasteiger partial charge in [0.05, 0.1) is 11.4 Å². The van der Waals surface area contributed by atoms with Gasteiger partial charge < -0.3 is 0 Å². The zero-order valence-corrected chi connectivity index (χ0v) is 14.8. The van der Waals surface area contributed by atoms with Gasteiger partial charge in [-0.1, -0.05) is 29.8 Å². The molecule has 128 valence electrons. The van der Waals surface area contributed by atoms with Crippen LogP contribution in [0, 0.1) is 0 Å². The van der Waals surface area contributed by atoms with Crippen LogP contribution in [0.25, 0.3) is 11.3 Å². The Morgan fingerprint density at radius 1 is 1.00 bits per heavy atom. The molecule has 0 aliphatic carbocycles. The first kappa shape index (κ1) is 17.5. The Hall–Kier alpha value is -2.28. The van der Waals surface area contributed by atoms with Crippen molar-refractivity contribution in [3.63, 3.8) is 0 Å². The van der Waals surface area contributed by atoms with Crippen molar-refractivity contribution in [3.05, 3.63) is 83.3 Å². The lowest BCUT2D eigenvalue weighted by Gasteiger charge is -2.08. The lowest BCUT2D eigenvalue weighted by molar-refractivity contribution is 0.580. The molecule has 5 nitrogen and oxygen atoms in total. The minimum atomic E-state index is -3.46. The Balaban J connectivity index is 1.63. The number of benzene rings is 1. The van der Waals surface area contributed by atoms with Gasteiger partial charge in [-0.3, -0.25) is 9.97 Å². The first-order valence-corrected chi connectivity index (χ1v) is 9.62. The molecule has 0 saturated heterocycles. The molecular weight excluding hydrogens is 358 g/mol. The van der Waals surface area contributed by atoms with Crippen molar-refractivity contribution >= 4 is 21.6 Å². The Morgan fingerprint density at radius 2 is 1.88 bits per heavy atom. The summed E-state index contributed by atoms with van der Waals surface area (Å²) in [6.07, 6.45) is 5.09. The fraction of sp³-hybridized carbons (Fsp3) is 0.111. The molecule has 0 bridgehead atoms. The van der Waals surface area contributed by atoms with E-state index in [1.165, 1.54) is 0 Å². The van der Waals surface area contributed by atoms with Gasteiger partial charge in [0.2, 0.25) is 10.0 Å². The second-order valence-electron chi connectivity index (χ2n) is 5.50. The predicted molar refractivity (Wildman–Crippen MR) is 98.4 cm³/mol. The zero-order chi connectivity index (χ0) is 17.7. The SMILES string of the molecule is O=S(=O)(Cc1cccc(Cl)c1)NCc1ccc(-c2cccnc2)nc1. The maximum atomic E-state index is 12.2. The third kappa shape index (κ3) is 5.09. The number of nitrogens with one attached hydrogen (secondary N) is 1. The van der Waals surface area contributed by atoms with Crippen LogP contribution in [0.15, 0.2) is 67.1 Å². The Labute approximate surface area is 151 Å². The number of pyridine rings is 2. The van der Waals surface area contributed by atoms with Gasteiger partial charge in [0, 0.05) is 35.7 Å². The predicted octanol–water partition coefficient (Wildman–Crippen LogP) is 3.42. The molecule has 0 aliphatic rings. The van der Waals surface area contributed by atoms with Crippen LogP contribution < -0.4 is 4.72 Å². The molecule has 0 radical (unpaired) electrons. The summed E-state index contributed by atoms with van der Waals surface area (Å²) in [6.45, 7) is 0.184. The van der Waals surface area contributed by atoms with Gasteiger partial charge in [0.25, 0.3) is 0 Å². The fourth-order valence-electron chi connectivity index (χ4n) is 2.30. The van der Waals surface area contributed by atoms with E-state index in [4.69, 9.17) is 11.6 Å². The van der Waals surface area contributed by atoms with E-state index in [9.17, 15) is 8.42 Å². The molecule has 1 N–H and O–H groups in total. The van der Waals surface area contributed by atoms with Crippen molar-refractivity contribution in [2.75, 3.05) is 0 Å². The van der Waals surface area contributed by atoms with E-state index in [-0.39, 0.29) is 12.3 Å². The molecule has 0 aliphatic heterocycles. The van der Waals surface area contributed by atoms with Gasteiger partial charge in [-0.25, -0.2) is 13.1 Å². The summed E-state index contributed by atoms with van der Waals surface area (Å²) < 4.78 is 27.0. The Bertz CT molecular complexity index is 946. The Kier molecular flexibility index (Phi) is 5.43. The lowest BCUT2D eigenvalue weighted by atomic mass is 10.1. The van der Waals surface area contributed by atoms with Gasteiger partial charge in [-0.15, -0.1) is 0 Å². The summed E-state index contributed by atoms with van der Waals surface area (Å²) in [7, 11) is -3.46. The largest absolute Gasteiger partial charge is 0.264 e. The van der Waals surface area contributed by atoms with E-state index >= 15 is 0 Å². The van der Waals surface area contributed by atoms with E-state index in [0.29, 0.717) is 10.6 Å². The first-order chi connectivity index (χ1) is 12.0. The summed E-state index contributed by atoms with van der Waals surface area (Å²) in [5.41, 5.74) is 3.13. The van der Waals surface area contributed by atoms with Gasteiger partial charge in [0.15, 0.2) is 0 Å². The normalized spacial score (nSPS) is 11.4. The van der Waals surface area contributed by atoms with E-state index < -0.39 is 10.0 Å². The molecule has 25 heavy (non-hydrogen) atoms. The van der Waals surface area contributed by atoms with Crippen LogP contribution in [0.2, 0.25) is 5.02 Å². The quantitative estimate of drug-likeness (QED) is 0.718. The average molecular weight is 374 g/mol. The minimum absolute atomic E-state index is 0.116. The number of hydrogen-bond donors (Lipinski definition) is 1. The maximum Gasteiger partial charge on any atom is 0.216 e. The highest BCUT2D eigenvalue weighted by Gasteiger charge is 2.12. The number of hydrogen-bond acceptors (Lipinski definition) is 4. The molecule has 1 aromatic carbocycles. The molecule has 0 atom stereocenters. The summed E-state index contributed by atoms with van der Waals surface area (Å²) >= 11 is 5.88. The third-order valence-corrected chi connectivity index (χ3v) is 5.06. The van der Waals surface area contributed by atoms with Crippen molar-refractivity contribution in [2.24, 2.45) is 0 Å². The van der Waals surface area contributed by atoms with Crippen molar-refractivity contribution in [1.82, 2.24) is 14.7 Å². The second kappa shape index (κ2) is 7.74. The van der Waals surface area contributed by atoms with E-state index in [1.54, 1.807) is 42.9 Å².